The number of nitrogens with one attached hydrogen (secondary N) is 1. The molecule has 6 nitrogen and oxygen atoms in total. The number of furan rings is 1. The van der Waals surface area contributed by atoms with Crippen molar-refractivity contribution in [1.29, 1.82) is 0 Å². The Kier molecular flexibility index (Phi) is 6.06. The molecule has 3 aromatic rings. The molecule has 0 aliphatic carbocycles. The van der Waals surface area contributed by atoms with Crippen molar-refractivity contribution in [2.24, 2.45) is 0 Å². The van der Waals surface area contributed by atoms with E-state index in [-0.39, 0.29) is 11.6 Å². The van der Waals surface area contributed by atoms with Crippen molar-refractivity contribution in [2.75, 3.05) is 18.5 Å². The summed E-state index contributed by atoms with van der Waals surface area (Å²) in [5.74, 6) is -0.789. The lowest BCUT2D eigenvalue weighted by Crippen LogP contribution is -2.21. The molecular formula is C21H18FNO5. The average Bonchev–Trinajstić information content (AvgIpc) is 3.19. The van der Waals surface area contributed by atoms with Gasteiger partial charge in [-0.25, -0.2) is 9.18 Å². The number of rotatable bonds is 7. The number of hydrogen-bond acceptors (Lipinski definition) is 5. The molecule has 2 aromatic carbocycles. The molecule has 1 heterocycles. The Morgan fingerprint density at radius 3 is 2.54 bits per heavy atom. The molecule has 0 saturated carbocycles. The highest BCUT2D eigenvalue weighted by Crippen LogP contribution is 2.24. The van der Waals surface area contributed by atoms with Gasteiger partial charge >= 0.3 is 5.97 Å². The smallest absolute Gasteiger partial charge is 0.374 e. The maximum atomic E-state index is 13.0. The van der Waals surface area contributed by atoms with Gasteiger partial charge in [-0.15, -0.1) is 0 Å². The van der Waals surface area contributed by atoms with Crippen molar-refractivity contribution in [3.05, 3.63) is 72.2 Å². The van der Waals surface area contributed by atoms with Gasteiger partial charge in [-0.05, 0) is 55.5 Å². The van der Waals surface area contributed by atoms with Gasteiger partial charge in [0.05, 0.1) is 12.3 Å². The number of carbonyl (C=O) groups is 2. The van der Waals surface area contributed by atoms with Gasteiger partial charge in [0, 0.05) is 5.56 Å². The lowest BCUT2D eigenvalue weighted by Gasteiger charge is -2.11. The van der Waals surface area contributed by atoms with Crippen LogP contribution < -0.4 is 10.1 Å². The van der Waals surface area contributed by atoms with E-state index in [1.54, 1.807) is 30.3 Å². The molecule has 7 heteroatoms. The summed E-state index contributed by atoms with van der Waals surface area (Å²) in [6.45, 7) is 1.81. The maximum absolute atomic E-state index is 13.0. The first-order chi connectivity index (χ1) is 13.6. The van der Waals surface area contributed by atoms with Gasteiger partial charge in [-0.2, -0.15) is 0 Å². The summed E-state index contributed by atoms with van der Waals surface area (Å²) in [5, 5.41) is 2.63. The van der Waals surface area contributed by atoms with Crippen LogP contribution in [0.1, 0.15) is 17.5 Å². The van der Waals surface area contributed by atoms with Gasteiger partial charge < -0.3 is 19.2 Å². The van der Waals surface area contributed by atoms with Gasteiger partial charge in [-0.3, -0.25) is 4.79 Å². The molecule has 0 saturated heterocycles. The summed E-state index contributed by atoms with van der Waals surface area (Å²) in [6.07, 6.45) is 0. The summed E-state index contributed by atoms with van der Waals surface area (Å²) in [6, 6.07) is 15.6. The SMILES string of the molecule is CCOc1ccccc1NC(=O)COC(=O)c1ccc(-c2ccc(F)cc2)o1. The molecule has 1 amide bonds. The summed E-state index contributed by atoms with van der Waals surface area (Å²) in [4.78, 5) is 24.1. The van der Waals surface area contributed by atoms with Crippen LogP contribution in [0, 0.1) is 5.82 Å². The molecule has 0 spiro atoms. The van der Waals surface area contributed by atoms with Crippen LogP contribution in [0.2, 0.25) is 0 Å². The first kappa shape index (κ1) is 19.2. The van der Waals surface area contributed by atoms with E-state index in [0.29, 0.717) is 29.4 Å². The van der Waals surface area contributed by atoms with Gasteiger partial charge in [0.25, 0.3) is 5.91 Å². The van der Waals surface area contributed by atoms with Crippen LogP contribution in [-0.2, 0) is 9.53 Å². The first-order valence-corrected chi connectivity index (χ1v) is 8.61. The van der Waals surface area contributed by atoms with Crippen molar-refractivity contribution in [1.82, 2.24) is 0 Å². The molecule has 1 aromatic heterocycles. The topological polar surface area (TPSA) is 77.8 Å². The molecule has 0 aliphatic rings. The summed E-state index contributed by atoms with van der Waals surface area (Å²) in [7, 11) is 0. The number of anilines is 1. The molecule has 0 unspecified atom stereocenters. The zero-order valence-corrected chi connectivity index (χ0v) is 15.1. The molecule has 3 rings (SSSR count). The zero-order valence-electron chi connectivity index (χ0n) is 15.1. The molecule has 0 bridgehead atoms. The van der Waals surface area contributed by atoms with Crippen molar-refractivity contribution in [3.63, 3.8) is 0 Å². The highest BCUT2D eigenvalue weighted by atomic mass is 19.1. The number of para-hydroxylation sites is 2. The Morgan fingerprint density at radius 2 is 1.79 bits per heavy atom. The number of esters is 1. The summed E-state index contributed by atoms with van der Waals surface area (Å²) >= 11 is 0. The molecule has 0 fully saturated rings. The third kappa shape index (κ3) is 4.76. The highest BCUT2D eigenvalue weighted by Gasteiger charge is 2.16. The van der Waals surface area contributed by atoms with E-state index in [9.17, 15) is 14.0 Å². The van der Waals surface area contributed by atoms with Gasteiger partial charge in [0.15, 0.2) is 6.61 Å². The Bertz CT molecular complexity index is 965. The van der Waals surface area contributed by atoms with E-state index in [4.69, 9.17) is 13.9 Å². The molecule has 0 atom stereocenters. The number of amides is 1. The quantitative estimate of drug-likeness (QED) is 0.616. The Balaban J connectivity index is 1.57. The van der Waals surface area contributed by atoms with Crippen LogP contribution in [-0.4, -0.2) is 25.1 Å². The fourth-order valence-corrected chi connectivity index (χ4v) is 2.46. The molecule has 28 heavy (non-hydrogen) atoms. The Labute approximate surface area is 160 Å². The minimum absolute atomic E-state index is 0.0539. The monoisotopic (exact) mass is 383 g/mol. The zero-order chi connectivity index (χ0) is 19.9. The van der Waals surface area contributed by atoms with Gasteiger partial charge in [0.1, 0.15) is 17.3 Å². The minimum atomic E-state index is -0.776. The van der Waals surface area contributed by atoms with Crippen molar-refractivity contribution < 1.29 is 27.9 Å². The standard InChI is InChI=1S/C21H18FNO5/c1-2-26-18-6-4-3-5-16(18)23-20(24)13-27-21(25)19-12-11-17(28-19)14-7-9-15(22)10-8-14/h3-12H,2,13H2,1H3,(H,23,24). The third-order valence-corrected chi connectivity index (χ3v) is 3.73. The number of hydrogen-bond donors (Lipinski definition) is 1. The fourth-order valence-electron chi connectivity index (χ4n) is 2.46. The predicted octanol–water partition coefficient (Wildman–Crippen LogP) is 4.28. The van der Waals surface area contributed by atoms with E-state index >= 15 is 0 Å². The number of carbonyl (C=O) groups excluding carboxylic acids is 2. The second kappa shape index (κ2) is 8.85. The minimum Gasteiger partial charge on any atom is -0.492 e. The van der Waals surface area contributed by atoms with Crippen molar-refractivity contribution in [3.8, 4) is 17.1 Å². The van der Waals surface area contributed by atoms with Crippen LogP contribution in [0.25, 0.3) is 11.3 Å². The largest absolute Gasteiger partial charge is 0.492 e. The molecule has 1 N–H and O–H groups in total. The van der Waals surface area contributed by atoms with Crippen LogP contribution in [0.15, 0.2) is 65.1 Å². The Hall–Kier alpha value is -3.61. The lowest BCUT2D eigenvalue weighted by atomic mass is 10.2. The van der Waals surface area contributed by atoms with E-state index in [2.05, 4.69) is 5.32 Å². The number of halogens is 1. The van der Waals surface area contributed by atoms with Gasteiger partial charge in [0.2, 0.25) is 5.76 Å². The Morgan fingerprint density at radius 1 is 1.04 bits per heavy atom. The van der Waals surface area contributed by atoms with E-state index < -0.39 is 18.5 Å². The van der Waals surface area contributed by atoms with Crippen LogP contribution in [0.5, 0.6) is 5.75 Å². The molecule has 0 radical (unpaired) electrons. The van der Waals surface area contributed by atoms with Crippen LogP contribution >= 0.6 is 0 Å². The lowest BCUT2D eigenvalue weighted by molar-refractivity contribution is -0.119. The fraction of sp³-hybridized carbons (Fsp3) is 0.143. The first-order valence-electron chi connectivity index (χ1n) is 8.61. The summed E-state index contributed by atoms with van der Waals surface area (Å²) < 4.78 is 28.8. The summed E-state index contributed by atoms with van der Waals surface area (Å²) in [5.41, 5.74) is 1.10. The average molecular weight is 383 g/mol. The van der Waals surface area contributed by atoms with Crippen LogP contribution in [0.4, 0.5) is 10.1 Å². The highest BCUT2D eigenvalue weighted by molar-refractivity contribution is 5.95. The second-order valence-electron chi connectivity index (χ2n) is 5.72. The normalized spacial score (nSPS) is 10.4. The van der Waals surface area contributed by atoms with Crippen molar-refractivity contribution >= 4 is 17.6 Å². The predicted molar refractivity (Wildman–Crippen MR) is 101 cm³/mol. The van der Waals surface area contributed by atoms with E-state index in [1.807, 2.05) is 6.92 Å². The molecule has 144 valence electrons. The number of ether oxygens (including phenoxy) is 2. The molecule has 0 aliphatic heterocycles. The molecular weight excluding hydrogens is 365 g/mol. The van der Waals surface area contributed by atoms with E-state index in [1.165, 1.54) is 30.3 Å². The van der Waals surface area contributed by atoms with Crippen molar-refractivity contribution in [2.45, 2.75) is 6.92 Å². The third-order valence-electron chi connectivity index (χ3n) is 3.73. The van der Waals surface area contributed by atoms with E-state index in [0.717, 1.165) is 0 Å². The van der Waals surface area contributed by atoms with Gasteiger partial charge in [-0.1, -0.05) is 12.1 Å². The van der Waals surface area contributed by atoms with Crippen LogP contribution in [0.3, 0.4) is 0 Å². The second-order valence-corrected chi connectivity index (χ2v) is 5.72. The number of benzene rings is 2. The maximum Gasteiger partial charge on any atom is 0.374 e.